The zero-order chi connectivity index (χ0) is 20.3. The minimum absolute atomic E-state index is 0.119. The number of ether oxygens (including phenoxy) is 1. The first kappa shape index (κ1) is 20.0. The van der Waals surface area contributed by atoms with Gasteiger partial charge in [0.15, 0.2) is 6.10 Å². The molecule has 1 saturated heterocycles. The molecule has 0 bridgehead atoms. The quantitative estimate of drug-likeness (QED) is 0.784. The predicted octanol–water partition coefficient (Wildman–Crippen LogP) is 4.13. The molecule has 28 heavy (non-hydrogen) atoms. The Balaban J connectivity index is 1.59. The van der Waals surface area contributed by atoms with Gasteiger partial charge < -0.3 is 14.5 Å². The van der Waals surface area contributed by atoms with E-state index in [0.717, 1.165) is 17.7 Å². The van der Waals surface area contributed by atoms with Crippen LogP contribution in [0.2, 0.25) is 0 Å². The largest absolute Gasteiger partial charge is 0.481 e. The second kappa shape index (κ2) is 8.12. The second-order valence-electron chi connectivity index (χ2n) is 6.89. The van der Waals surface area contributed by atoms with Crippen molar-refractivity contribution in [2.45, 2.75) is 26.1 Å². The summed E-state index contributed by atoms with van der Waals surface area (Å²) in [5.41, 5.74) is 0.811. The van der Waals surface area contributed by atoms with Crippen molar-refractivity contribution in [2.24, 2.45) is 0 Å². The lowest BCUT2D eigenvalue weighted by atomic mass is 10.1. The Morgan fingerprint density at radius 1 is 1.04 bits per heavy atom. The molecule has 2 aromatic rings. The maximum absolute atomic E-state index is 12.9. The van der Waals surface area contributed by atoms with Gasteiger partial charge >= 0.3 is 6.18 Å². The van der Waals surface area contributed by atoms with E-state index in [2.05, 4.69) is 0 Å². The zero-order valence-corrected chi connectivity index (χ0v) is 15.9. The minimum atomic E-state index is -4.36. The lowest BCUT2D eigenvalue weighted by Gasteiger charge is -2.37. The molecule has 0 spiro atoms. The van der Waals surface area contributed by atoms with Crippen LogP contribution in [-0.4, -0.2) is 43.1 Å². The van der Waals surface area contributed by atoms with E-state index in [4.69, 9.17) is 4.74 Å². The van der Waals surface area contributed by atoms with Gasteiger partial charge in [-0.3, -0.25) is 4.79 Å². The summed E-state index contributed by atoms with van der Waals surface area (Å²) in [7, 11) is 0. The molecule has 0 radical (unpaired) electrons. The topological polar surface area (TPSA) is 32.8 Å². The van der Waals surface area contributed by atoms with Crippen LogP contribution in [0, 0.1) is 6.92 Å². The molecule has 1 atom stereocenters. The van der Waals surface area contributed by atoms with Crippen LogP contribution in [0.25, 0.3) is 0 Å². The number of hydrogen-bond donors (Lipinski definition) is 0. The average Bonchev–Trinajstić information content (AvgIpc) is 2.69. The summed E-state index contributed by atoms with van der Waals surface area (Å²) in [6, 6.07) is 12.8. The number of nitrogens with zero attached hydrogens (tertiary/aromatic N) is 2. The van der Waals surface area contributed by atoms with Crippen molar-refractivity contribution in [3.8, 4) is 5.75 Å². The third-order valence-electron chi connectivity index (χ3n) is 4.88. The van der Waals surface area contributed by atoms with E-state index < -0.39 is 17.8 Å². The van der Waals surface area contributed by atoms with E-state index in [1.54, 1.807) is 17.9 Å². The first-order valence-corrected chi connectivity index (χ1v) is 9.19. The van der Waals surface area contributed by atoms with E-state index in [0.29, 0.717) is 37.6 Å². The van der Waals surface area contributed by atoms with Gasteiger partial charge in [-0.05, 0) is 43.7 Å². The zero-order valence-electron chi connectivity index (χ0n) is 15.9. The number of hydrogen-bond acceptors (Lipinski definition) is 3. The van der Waals surface area contributed by atoms with Crippen molar-refractivity contribution in [3.63, 3.8) is 0 Å². The van der Waals surface area contributed by atoms with Crippen molar-refractivity contribution in [3.05, 3.63) is 59.7 Å². The monoisotopic (exact) mass is 392 g/mol. The van der Waals surface area contributed by atoms with E-state index in [1.807, 2.05) is 36.1 Å². The number of carbonyl (C=O) groups is 1. The Morgan fingerprint density at radius 3 is 2.36 bits per heavy atom. The summed E-state index contributed by atoms with van der Waals surface area (Å²) >= 11 is 0. The van der Waals surface area contributed by atoms with Crippen molar-refractivity contribution in [1.82, 2.24) is 4.90 Å². The summed E-state index contributed by atoms with van der Waals surface area (Å²) in [6.45, 7) is 5.47. The molecule has 1 fully saturated rings. The van der Waals surface area contributed by atoms with Gasteiger partial charge in [0.2, 0.25) is 0 Å². The molecule has 0 saturated carbocycles. The van der Waals surface area contributed by atoms with Gasteiger partial charge in [-0.1, -0.05) is 24.3 Å². The second-order valence-corrected chi connectivity index (χ2v) is 6.89. The van der Waals surface area contributed by atoms with Crippen molar-refractivity contribution in [1.29, 1.82) is 0 Å². The van der Waals surface area contributed by atoms with Gasteiger partial charge in [-0.15, -0.1) is 0 Å². The Morgan fingerprint density at radius 2 is 1.71 bits per heavy atom. The number of para-hydroxylation sites is 1. The summed E-state index contributed by atoms with van der Waals surface area (Å²) in [6.07, 6.45) is -4.99. The molecule has 0 aliphatic carbocycles. The van der Waals surface area contributed by atoms with E-state index in [-0.39, 0.29) is 5.91 Å². The molecule has 150 valence electrons. The van der Waals surface area contributed by atoms with Gasteiger partial charge in [0.25, 0.3) is 5.91 Å². The molecule has 2 aromatic carbocycles. The molecular formula is C21H23F3N2O2. The SMILES string of the molecule is Cc1ccccc1O[C@H](C)C(=O)N1CCN(c2cccc(C(F)(F)F)c2)CC1. The van der Waals surface area contributed by atoms with Crippen LogP contribution >= 0.6 is 0 Å². The van der Waals surface area contributed by atoms with Crippen LogP contribution in [0.3, 0.4) is 0 Å². The third-order valence-corrected chi connectivity index (χ3v) is 4.88. The molecule has 0 aromatic heterocycles. The number of carbonyl (C=O) groups excluding carboxylic acids is 1. The molecule has 1 heterocycles. The van der Waals surface area contributed by atoms with Gasteiger partial charge in [-0.2, -0.15) is 13.2 Å². The van der Waals surface area contributed by atoms with E-state index in [1.165, 1.54) is 6.07 Å². The van der Waals surface area contributed by atoms with Gasteiger partial charge in [0, 0.05) is 31.9 Å². The van der Waals surface area contributed by atoms with E-state index >= 15 is 0 Å². The maximum Gasteiger partial charge on any atom is 0.416 e. The van der Waals surface area contributed by atoms with Crippen LogP contribution in [0.15, 0.2) is 48.5 Å². The number of amides is 1. The van der Waals surface area contributed by atoms with Crippen LogP contribution in [-0.2, 0) is 11.0 Å². The lowest BCUT2D eigenvalue weighted by molar-refractivity contribution is -0.138. The fraction of sp³-hybridized carbons (Fsp3) is 0.381. The minimum Gasteiger partial charge on any atom is -0.481 e. The summed E-state index contributed by atoms with van der Waals surface area (Å²) in [5.74, 6) is 0.554. The molecule has 3 rings (SSSR count). The predicted molar refractivity (Wildman–Crippen MR) is 102 cm³/mol. The molecule has 1 aliphatic rings. The maximum atomic E-state index is 12.9. The summed E-state index contributed by atoms with van der Waals surface area (Å²) < 4.78 is 44.5. The standard InChI is InChI=1S/C21H23F3N2O2/c1-15-6-3-4-9-19(15)28-16(2)20(27)26-12-10-25(11-13-26)18-8-5-7-17(14-18)21(22,23)24/h3-9,14,16H,10-13H2,1-2H3/t16-/m1/s1. The highest BCUT2D eigenvalue weighted by molar-refractivity contribution is 5.81. The number of alkyl halides is 3. The first-order valence-electron chi connectivity index (χ1n) is 9.19. The first-order chi connectivity index (χ1) is 13.3. The number of anilines is 1. The lowest BCUT2D eigenvalue weighted by Crippen LogP contribution is -2.52. The third kappa shape index (κ3) is 4.58. The Kier molecular flexibility index (Phi) is 5.82. The Hall–Kier alpha value is -2.70. The van der Waals surface area contributed by atoms with Crippen LogP contribution in [0.5, 0.6) is 5.75 Å². The molecule has 1 aliphatic heterocycles. The van der Waals surface area contributed by atoms with Gasteiger partial charge in [0.1, 0.15) is 5.75 Å². The van der Waals surface area contributed by atoms with Crippen molar-refractivity contribution in [2.75, 3.05) is 31.1 Å². The average molecular weight is 392 g/mol. The normalized spacial score (nSPS) is 16.0. The Bertz CT molecular complexity index is 830. The molecule has 7 heteroatoms. The smallest absolute Gasteiger partial charge is 0.416 e. The highest BCUT2D eigenvalue weighted by atomic mass is 19.4. The van der Waals surface area contributed by atoms with Crippen LogP contribution in [0.1, 0.15) is 18.1 Å². The van der Waals surface area contributed by atoms with Crippen LogP contribution < -0.4 is 9.64 Å². The molecular weight excluding hydrogens is 369 g/mol. The summed E-state index contributed by atoms with van der Waals surface area (Å²) in [5, 5.41) is 0. The number of rotatable bonds is 4. The van der Waals surface area contributed by atoms with Gasteiger partial charge in [-0.25, -0.2) is 0 Å². The van der Waals surface area contributed by atoms with Crippen molar-refractivity contribution >= 4 is 11.6 Å². The van der Waals surface area contributed by atoms with Crippen molar-refractivity contribution < 1.29 is 22.7 Å². The number of benzene rings is 2. The number of piperazine rings is 1. The Labute approximate surface area is 162 Å². The molecule has 1 amide bonds. The summed E-state index contributed by atoms with van der Waals surface area (Å²) in [4.78, 5) is 16.2. The van der Waals surface area contributed by atoms with Gasteiger partial charge in [0.05, 0.1) is 5.56 Å². The van der Waals surface area contributed by atoms with Crippen LogP contribution in [0.4, 0.5) is 18.9 Å². The highest BCUT2D eigenvalue weighted by Crippen LogP contribution is 2.32. The molecule has 0 unspecified atom stereocenters. The number of aryl methyl sites for hydroxylation is 1. The molecule has 4 nitrogen and oxygen atoms in total. The number of halogens is 3. The van der Waals surface area contributed by atoms with E-state index in [9.17, 15) is 18.0 Å². The highest BCUT2D eigenvalue weighted by Gasteiger charge is 2.31. The fourth-order valence-corrected chi connectivity index (χ4v) is 3.25. The molecule has 0 N–H and O–H groups in total. The fourth-order valence-electron chi connectivity index (χ4n) is 3.25.